The molecule has 1 nitrogen and oxygen atoms in total. The molecule has 1 aliphatic heterocycles. The Morgan fingerprint density at radius 2 is 2.38 bits per heavy atom. The van der Waals surface area contributed by atoms with Gasteiger partial charge in [-0.15, -0.1) is 11.8 Å². The first-order valence-electron chi connectivity index (χ1n) is 4.41. The van der Waals surface area contributed by atoms with Crippen LogP contribution in [0.25, 0.3) is 0 Å². The van der Waals surface area contributed by atoms with Crippen molar-refractivity contribution in [1.82, 2.24) is 5.32 Å². The Hall–Kier alpha value is 0.01000. The lowest BCUT2D eigenvalue weighted by atomic mass is 10.0. The molecule has 1 aromatic rings. The minimum Gasteiger partial charge on any atom is -0.313 e. The van der Waals surface area contributed by atoms with Crippen LogP contribution in [0.3, 0.4) is 0 Å². The fourth-order valence-corrected chi connectivity index (χ4v) is 3.34. The van der Waals surface area contributed by atoms with Crippen molar-refractivity contribution in [2.24, 2.45) is 0 Å². The van der Waals surface area contributed by atoms with Crippen LogP contribution in [0.2, 0.25) is 0 Å². The van der Waals surface area contributed by atoms with Crippen molar-refractivity contribution in [3.8, 4) is 0 Å². The molecule has 1 atom stereocenters. The zero-order valence-electron chi connectivity index (χ0n) is 7.51. The number of halogens is 1. The topological polar surface area (TPSA) is 12.0 Å². The summed E-state index contributed by atoms with van der Waals surface area (Å²) in [5.41, 5.74) is 1.45. The van der Waals surface area contributed by atoms with E-state index in [0.29, 0.717) is 6.04 Å². The second-order valence-electron chi connectivity index (χ2n) is 3.16. The predicted octanol–water partition coefficient (Wildman–Crippen LogP) is 3.21. The molecule has 0 saturated carbocycles. The number of hydrogen-bond acceptors (Lipinski definition) is 2. The molecule has 3 heteroatoms. The van der Waals surface area contributed by atoms with E-state index >= 15 is 0 Å². The van der Waals surface area contributed by atoms with Gasteiger partial charge in [0.05, 0.1) is 0 Å². The second kappa shape index (κ2) is 4.03. The first-order chi connectivity index (χ1) is 6.31. The number of rotatable bonds is 1. The SMILES string of the molecule is CNC1CCSc2cc(Br)ccc21. The molecule has 1 aromatic carbocycles. The van der Waals surface area contributed by atoms with Crippen molar-refractivity contribution in [1.29, 1.82) is 0 Å². The van der Waals surface area contributed by atoms with E-state index in [9.17, 15) is 0 Å². The molecule has 0 aliphatic carbocycles. The van der Waals surface area contributed by atoms with Gasteiger partial charge < -0.3 is 5.32 Å². The molecule has 0 spiro atoms. The van der Waals surface area contributed by atoms with Crippen LogP contribution < -0.4 is 5.32 Å². The van der Waals surface area contributed by atoms with E-state index in [0.717, 1.165) is 0 Å². The van der Waals surface area contributed by atoms with Crippen LogP contribution >= 0.6 is 27.7 Å². The van der Waals surface area contributed by atoms with Gasteiger partial charge in [0.15, 0.2) is 0 Å². The maximum absolute atomic E-state index is 3.50. The first-order valence-corrected chi connectivity index (χ1v) is 6.18. The maximum atomic E-state index is 3.50. The summed E-state index contributed by atoms with van der Waals surface area (Å²) in [6, 6.07) is 7.09. The summed E-state index contributed by atoms with van der Waals surface area (Å²) in [6.45, 7) is 0. The van der Waals surface area contributed by atoms with Gasteiger partial charge in [-0.25, -0.2) is 0 Å². The molecule has 1 aliphatic rings. The summed E-state index contributed by atoms with van der Waals surface area (Å²) in [6.07, 6.45) is 1.23. The van der Waals surface area contributed by atoms with Crippen LogP contribution in [-0.2, 0) is 0 Å². The molecule has 0 fully saturated rings. The summed E-state index contributed by atoms with van der Waals surface area (Å²) in [7, 11) is 2.03. The summed E-state index contributed by atoms with van der Waals surface area (Å²) in [5.74, 6) is 1.22. The minimum absolute atomic E-state index is 0.546. The number of fused-ring (bicyclic) bond motifs is 1. The zero-order chi connectivity index (χ0) is 9.26. The summed E-state index contributed by atoms with van der Waals surface area (Å²) < 4.78 is 1.18. The third kappa shape index (κ3) is 1.92. The van der Waals surface area contributed by atoms with Gasteiger partial charge >= 0.3 is 0 Å². The number of benzene rings is 1. The van der Waals surface area contributed by atoms with Gasteiger partial charge in [0.1, 0.15) is 0 Å². The van der Waals surface area contributed by atoms with Crippen LogP contribution in [0.1, 0.15) is 18.0 Å². The number of nitrogens with one attached hydrogen (secondary N) is 1. The summed E-state index contributed by atoms with van der Waals surface area (Å²) in [4.78, 5) is 1.42. The Labute approximate surface area is 91.4 Å². The molecule has 1 N–H and O–H groups in total. The fourth-order valence-electron chi connectivity index (χ4n) is 1.66. The van der Waals surface area contributed by atoms with E-state index in [4.69, 9.17) is 0 Å². The largest absolute Gasteiger partial charge is 0.313 e. The lowest BCUT2D eigenvalue weighted by molar-refractivity contribution is 0.565. The van der Waals surface area contributed by atoms with Crippen molar-refractivity contribution >= 4 is 27.7 Å². The molecule has 70 valence electrons. The van der Waals surface area contributed by atoms with Gasteiger partial charge in [0, 0.05) is 15.4 Å². The summed E-state index contributed by atoms with van der Waals surface area (Å²) in [5, 5.41) is 3.35. The molecule has 1 unspecified atom stereocenters. The van der Waals surface area contributed by atoms with Gasteiger partial charge in [-0.2, -0.15) is 0 Å². The zero-order valence-corrected chi connectivity index (χ0v) is 9.91. The molecular formula is C10H12BrNS. The highest BCUT2D eigenvalue weighted by Crippen LogP contribution is 2.37. The third-order valence-corrected chi connectivity index (χ3v) is 3.96. The molecule has 1 heterocycles. The van der Waals surface area contributed by atoms with Gasteiger partial charge in [0.2, 0.25) is 0 Å². The summed E-state index contributed by atoms with van der Waals surface area (Å²) >= 11 is 5.45. The molecule has 0 amide bonds. The maximum Gasteiger partial charge on any atom is 0.0336 e. The van der Waals surface area contributed by atoms with Crippen molar-refractivity contribution in [3.63, 3.8) is 0 Å². The normalized spacial score (nSPS) is 21.2. The number of hydrogen-bond donors (Lipinski definition) is 1. The van der Waals surface area contributed by atoms with Gasteiger partial charge in [0.25, 0.3) is 0 Å². The van der Waals surface area contributed by atoms with Gasteiger partial charge in [-0.05, 0) is 36.9 Å². The molecule has 0 radical (unpaired) electrons. The van der Waals surface area contributed by atoms with E-state index in [1.54, 1.807) is 0 Å². The molecule has 0 saturated heterocycles. The van der Waals surface area contributed by atoms with Crippen molar-refractivity contribution in [2.75, 3.05) is 12.8 Å². The standard InChI is InChI=1S/C10H12BrNS/c1-12-9-4-5-13-10-6-7(11)2-3-8(9)10/h2-3,6,9,12H,4-5H2,1H3. The number of thioether (sulfide) groups is 1. The van der Waals surface area contributed by atoms with Crippen LogP contribution in [0.15, 0.2) is 27.6 Å². The van der Waals surface area contributed by atoms with E-state index in [2.05, 4.69) is 39.4 Å². The average molecular weight is 258 g/mol. The van der Waals surface area contributed by atoms with Gasteiger partial charge in [-0.3, -0.25) is 0 Å². The molecule has 13 heavy (non-hydrogen) atoms. The quantitative estimate of drug-likeness (QED) is 0.830. The molecule has 2 rings (SSSR count). The Bertz CT molecular complexity index is 314. The van der Waals surface area contributed by atoms with Crippen LogP contribution in [-0.4, -0.2) is 12.8 Å². The minimum atomic E-state index is 0.546. The first kappa shape index (κ1) is 9.56. The third-order valence-electron chi connectivity index (χ3n) is 2.36. The fraction of sp³-hybridized carbons (Fsp3) is 0.400. The Morgan fingerprint density at radius 3 is 3.15 bits per heavy atom. The molecular weight excluding hydrogens is 246 g/mol. The molecule has 0 bridgehead atoms. The van der Waals surface area contributed by atoms with Crippen molar-refractivity contribution < 1.29 is 0 Å². The lowest BCUT2D eigenvalue weighted by Crippen LogP contribution is -2.20. The highest BCUT2D eigenvalue weighted by molar-refractivity contribution is 9.10. The molecule has 0 aromatic heterocycles. The smallest absolute Gasteiger partial charge is 0.0336 e. The average Bonchev–Trinajstić information content (AvgIpc) is 2.16. The van der Waals surface area contributed by atoms with Crippen LogP contribution in [0, 0.1) is 0 Å². The Kier molecular flexibility index (Phi) is 2.96. The monoisotopic (exact) mass is 257 g/mol. The van der Waals surface area contributed by atoms with E-state index in [1.807, 2.05) is 18.8 Å². The van der Waals surface area contributed by atoms with Crippen LogP contribution in [0.5, 0.6) is 0 Å². The van der Waals surface area contributed by atoms with Gasteiger partial charge in [-0.1, -0.05) is 22.0 Å². The Morgan fingerprint density at radius 1 is 1.54 bits per heavy atom. The second-order valence-corrected chi connectivity index (χ2v) is 5.21. The highest BCUT2D eigenvalue weighted by atomic mass is 79.9. The van der Waals surface area contributed by atoms with E-state index in [1.165, 1.54) is 27.1 Å². The van der Waals surface area contributed by atoms with E-state index in [-0.39, 0.29) is 0 Å². The van der Waals surface area contributed by atoms with Crippen molar-refractivity contribution in [2.45, 2.75) is 17.4 Å². The van der Waals surface area contributed by atoms with Crippen LogP contribution in [0.4, 0.5) is 0 Å². The lowest BCUT2D eigenvalue weighted by Gasteiger charge is -2.24. The highest BCUT2D eigenvalue weighted by Gasteiger charge is 2.18. The van der Waals surface area contributed by atoms with E-state index < -0.39 is 0 Å². The Balaban J connectivity index is 2.40. The predicted molar refractivity (Wildman–Crippen MR) is 61.3 cm³/mol. The van der Waals surface area contributed by atoms with Crippen molar-refractivity contribution in [3.05, 3.63) is 28.2 Å².